The summed E-state index contributed by atoms with van der Waals surface area (Å²) in [6.45, 7) is 4.07. The van der Waals surface area contributed by atoms with Crippen LogP contribution in [0.4, 0.5) is 4.39 Å². The maximum atomic E-state index is 14.1. The Morgan fingerprint density at radius 1 is 1.04 bits per heavy atom. The smallest absolute Gasteiger partial charge is 0.309 e. The number of nitrogens with zero attached hydrogens (tertiary/aromatic N) is 5. The van der Waals surface area contributed by atoms with Crippen LogP contribution in [0.25, 0.3) is 16.9 Å². The Morgan fingerprint density at radius 2 is 1.73 bits per heavy atom. The van der Waals surface area contributed by atoms with E-state index in [0.717, 1.165) is 16.0 Å². The normalized spacial score (nSPS) is 11.7. The number of aryl methyl sites for hydroxylation is 2. The lowest BCUT2D eigenvalue weighted by Gasteiger charge is -2.07. The molecule has 0 aliphatic carbocycles. The van der Waals surface area contributed by atoms with Crippen molar-refractivity contribution in [2.75, 3.05) is 0 Å². The lowest BCUT2D eigenvalue weighted by molar-refractivity contribution is 0.599. The van der Waals surface area contributed by atoms with E-state index < -0.39 is 11.2 Å². The van der Waals surface area contributed by atoms with E-state index in [2.05, 4.69) is 4.98 Å². The van der Waals surface area contributed by atoms with Crippen LogP contribution in [-0.4, -0.2) is 23.1 Å². The Kier molecular flexibility index (Phi) is 3.40. The van der Waals surface area contributed by atoms with Crippen molar-refractivity contribution in [2.24, 2.45) is 14.1 Å². The highest BCUT2D eigenvalue weighted by atomic mass is 19.1. The van der Waals surface area contributed by atoms with Crippen molar-refractivity contribution in [2.45, 2.75) is 20.4 Å². The molecule has 26 heavy (non-hydrogen) atoms. The van der Waals surface area contributed by atoms with Gasteiger partial charge < -0.3 is 4.57 Å². The van der Waals surface area contributed by atoms with Crippen LogP contribution in [0.3, 0.4) is 0 Å². The summed E-state index contributed by atoms with van der Waals surface area (Å²) in [4.78, 5) is 29.4. The molecule has 1 aromatic carbocycles. The van der Waals surface area contributed by atoms with Crippen molar-refractivity contribution >= 4 is 16.9 Å². The maximum Gasteiger partial charge on any atom is 0.332 e. The highest BCUT2D eigenvalue weighted by Crippen LogP contribution is 2.22. The third-order valence-corrected chi connectivity index (χ3v) is 5.03. The molecule has 0 fully saturated rings. The lowest BCUT2D eigenvalue weighted by Crippen LogP contribution is -2.37. The number of halogens is 1. The van der Waals surface area contributed by atoms with Crippen LogP contribution in [0.15, 0.2) is 33.9 Å². The fourth-order valence-corrected chi connectivity index (χ4v) is 3.38. The zero-order valence-electron chi connectivity index (χ0n) is 14.9. The van der Waals surface area contributed by atoms with Crippen molar-refractivity contribution < 1.29 is 4.39 Å². The minimum atomic E-state index is -0.432. The molecule has 7 nitrogen and oxygen atoms in total. The number of hydrogen-bond acceptors (Lipinski definition) is 3. The van der Waals surface area contributed by atoms with Crippen LogP contribution in [0.2, 0.25) is 0 Å². The van der Waals surface area contributed by atoms with E-state index in [1.54, 1.807) is 29.6 Å². The van der Waals surface area contributed by atoms with Gasteiger partial charge in [-0.3, -0.25) is 18.3 Å². The number of hydrogen-bond donors (Lipinski definition) is 0. The van der Waals surface area contributed by atoms with E-state index in [4.69, 9.17) is 0 Å². The van der Waals surface area contributed by atoms with Gasteiger partial charge in [-0.25, -0.2) is 9.18 Å². The van der Waals surface area contributed by atoms with Gasteiger partial charge >= 0.3 is 5.69 Å². The Labute approximate surface area is 147 Å². The Bertz CT molecular complexity index is 1310. The lowest BCUT2D eigenvalue weighted by atomic mass is 10.2. The van der Waals surface area contributed by atoms with Crippen molar-refractivity contribution in [3.8, 4) is 0 Å². The second kappa shape index (κ2) is 5.42. The summed E-state index contributed by atoms with van der Waals surface area (Å²) in [5.74, 6) is 0.215. The second-order valence-electron chi connectivity index (χ2n) is 6.47. The maximum absolute atomic E-state index is 14.1. The molecule has 3 heterocycles. The largest absolute Gasteiger partial charge is 0.332 e. The molecule has 0 aliphatic rings. The summed E-state index contributed by atoms with van der Waals surface area (Å²) in [5.41, 5.74) is 2.07. The molecule has 4 rings (SSSR count). The predicted molar refractivity (Wildman–Crippen MR) is 96.1 cm³/mol. The molecule has 4 aromatic rings. The van der Waals surface area contributed by atoms with Gasteiger partial charge in [-0.05, 0) is 19.9 Å². The first-order valence-electron chi connectivity index (χ1n) is 8.20. The monoisotopic (exact) mass is 355 g/mol. The standard InChI is InChI=1S/C18H18FN5O2/c1-10-11(2)24-14-15(21(3)18(26)22(4)16(14)25)20-17(24)23(10)9-12-7-5-6-8-13(12)19/h5-8H,9H2,1-4H3. The third kappa shape index (κ3) is 2.01. The summed E-state index contributed by atoms with van der Waals surface area (Å²) >= 11 is 0. The van der Waals surface area contributed by atoms with Crippen molar-refractivity contribution in [3.05, 3.63) is 67.9 Å². The van der Waals surface area contributed by atoms with Gasteiger partial charge in [0.05, 0.1) is 6.54 Å². The molecule has 8 heteroatoms. The molecule has 0 N–H and O–H groups in total. The van der Waals surface area contributed by atoms with Crippen LogP contribution in [0, 0.1) is 19.7 Å². The Hall–Kier alpha value is -3.16. The van der Waals surface area contributed by atoms with E-state index in [1.807, 2.05) is 18.4 Å². The highest BCUT2D eigenvalue weighted by Gasteiger charge is 2.22. The molecule has 0 radical (unpaired) electrons. The summed E-state index contributed by atoms with van der Waals surface area (Å²) in [6, 6.07) is 6.56. The van der Waals surface area contributed by atoms with Crippen LogP contribution in [-0.2, 0) is 20.6 Å². The molecule has 0 amide bonds. The van der Waals surface area contributed by atoms with Gasteiger partial charge in [0.2, 0.25) is 5.78 Å². The Balaban J connectivity index is 2.11. The van der Waals surface area contributed by atoms with E-state index in [9.17, 15) is 14.0 Å². The van der Waals surface area contributed by atoms with Crippen LogP contribution >= 0.6 is 0 Å². The zero-order chi connectivity index (χ0) is 18.7. The minimum Gasteiger partial charge on any atom is -0.309 e. The van der Waals surface area contributed by atoms with Gasteiger partial charge in [0.1, 0.15) is 5.82 Å². The van der Waals surface area contributed by atoms with Gasteiger partial charge in [-0.1, -0.05) is 18.2 Å². The van der Waals surface area contributed by atoms with Gasteiger partial charge in [0, 0.05) is 31.0 Å². The molecule has 0 saturated heterocycles. The second-order valence-corrected chi connectivity index (χ2v) is 6.47. The van der Waals surface area contributed by atoms with E-state index in [1.165, 1.54) is 17.7 Å². The topological polar surface area (TPSA) is 66.2 Å². The van der Waals surface area contributed by atoms with Crippen LogP contribution < -0.4 is 11.2 Å². The fourth-order valence-electron chi connectivity index (χ4n) is 3.38. The van der Waals surface area contributed by atoms with E-state index >= 15 is 0 Å². The highest BCUT2D eigenvalue weighted by molar-refractivity contribution is 5.76. The van der Waals surface area contributed by atoms with Crippen molar-refractivity contribution in [3.63, 3.8) is 0 Å². The summed E-state index contributed by atoms with van der Waals surface area (Å²) in [7, 11) is 3.03. The summed E-state index contributed by atoms with van der Waals surface area (Å²) in [6.07, 6.45) is 0. The summed E-state index contributed by atoms with van der Waals surface area (Å²) < 4.78 is 20.1. The molecular weight excluding hydrogens is 337 g/mol. The van der Waals surface area contributed by atoms with Gasteiger partial charge in [0.15, 0.2) is 11.2 Å². The molecule has 0 saturated carbocycles. The SMILES string of the molecule is Cc1c(C)n2c3c(=O)n(C)c(=O)n(C)c3nc2n1Cc1ccccc1F. The zero-order valence-corrected chi connectivity index (χ0v) is 14.9. The van der Waals surface area contributed by atoms with Crippen LogP contribution in [0.5, 0.6) is 0 Å². The third-order valence-electron chi connectivity index (χ3n) is 5.03. The first-order valence-corrected chi connectivity index (χ1v) is 8.20. The quantitative estimate of drug-likeness (QED) is 0.547. The average Bonchev–Trinajstić information content (AvgIpc) is 3.12. The van der Waals surface area contributed by atoms with Crippen molar-refractivity contribution in [1.82, 2.24) is 23.1 Å². The predicted octanol–water partition coefficient (Wildman–Crippen LogP) is 1.49. The Morgan fingerprint density at radius 3 is 2.42 bits per heavy atom. The van der Waals surface area contributed by atoms with Crippen molar-refractivity contribution in [1.29, 1.82) is 0 Å². The van der Waals surface area contributed by atoms with Gasteiger partial charge in [-0.15, -0.1) is 0 Å². The number of aromatic nitrogens is 5. The van der Waals surface area contributed by atoms with E-state index in [0.29, 0.717) is 22.5 Å². The molecule has 0 bridgehead atoms. The number of benzene rings is 1. The molecule has 134 valence electrons. The minimum absolute atomic E-state index is 0.285. The molecule has 0 spiro atoms. The first-order chi connectivity index (χ1) is 12.3. The molecule has 0 atom stereocenters. The fraction of sp³-hybridized carbons (Fsp3) is 0.278. The van der Waals surface area contributed by atoms with E-state index in [-0.39, 0.29) is 12.4 Å². The van der Waals surface area contributed by atoms with Gasteiger partial charge in [-0.2, -0.15) is 4.98 Å². The molecule has 3 aromatic heterocycles. The first kappa shape index (κ1) is 16.3. The number of imidazole rings is 2. The molecular formula is C18H18FN5O2. The molecule has 0 aliphatic heterocycles. The number of fused-ring (bicyclic) bond motifs is 3. The average molecular weight is 355 g/mol. The molecule has 0 unspecified atom stereocenters. The van der Waals surface area contributed by atoms with Gasteiger partial charge in [0.25, 0.3) is 5.56 Å². The summed E-state index contributed by atoms with van der Waals surface area (Å²) in [5, 5.41) is 0. The van der Waals surface area contributed by atoms with Crippen LogP contribution in [0.1, 0.15) is 17.0 Å². The number of rotatable bonds is 2.